The van der Waals surface area contributed by atoms with E-state index in [9.17, 15) is 14.4 Å². The van der Waals surface area contributed by atoms with Crippen molar-refractivity contribution >= 4 is 17.8 Å². The predicted octanol–water partition coefficient (Wildman–Crippen LogP) is 6.62. The third-order valence-electron chi connectivity index (χ3n) is 8.16. The number of hydrogen-bond donors (Lipinski definition) is 1. The number of ketones is 1. The largest absolute Gasteiger partial charge is 0.493 e. The van der Waals surface area contributed by atoms with Crippen LogP contribution in [0.25, 0.3) is 0 Å². The number of hydrogen-bond acceptors (Lipinski definition) is 8. The summed E-state index contributed by atoms with van der Waals surface area (Å²) in [7, 11) is 3.20. The number of methoxy groups -OCH3 is 2. The van der Waals surface area contributed by atoms with E-state index in [0.29, 0.717) is 62.4 Å². The molecule has 1 heterocycles. The first-order chi connectivity index (χ1) is 21.1. The SMILES string of the molecule is COCCCOc1cc(C(=O)[C@@H](C[C@@H](CC[C@@H]2C[C@@H](C(C)C)C(=O)O2)NC(=O)OCc2ccccc2)C(C)C)ccc1OC. The van der Waals surface area contributed by atoms with Crippen LogP contribution in [0.4, 0.5) is 4.79 Å². The molecule has 0 saturated carbocycles. The second kappa shape index (κ2) is 17.6. The van der Waals surface area contributed by atoms with Crippen molar-refractivity contribution in [2.24, 2.45) is 23.7 Å². The number of nitrogens with one attached hydrogen (secondary N) is 1. The number of rotatable bonds is 18. The minimum absolute atomic E-state index is 0.00468. The number of esters is 1. The molecule has 9 nitrogen and oxygen atoms in total. The van der Waals surface area contributed by atoms with Crippen LogP contribution in [-0.4, -0.2) is 57.4 Å². The van der Waals surface area contributed by atoms with Crippen LogP contribution >= 0.6 is 0 Å². The Morgan fingerprint density at radius 3 is 2.39 bits per heavy atom. The summed E-state index contributed by atoms with van der Waals surface area (Å²) in [6.07, 6.45) is 2.12. The van der Waals surface area contributed by atoms with E-state index in [2.05, 4.69) is 5.32 Å². The molecule has 2 aromatic carbocycles. The summed E-state index contributed by atoms with van der Waals surface area (Å²) in [6, 6.07) is 14.3. The van der Waals surface area contributed by atoms with Crippen molar-refractivity contribution in [3.8, 4) is 11.5 Å². The molecule has 1 N–H and O–H groups in total. The predicted molar refractivity (Wildman–Crippen MR) is 168 cm³/mol. The van der Waals surface area contributed by atoms with Crippen molar-refractivity contribution in [3.63, 3.8) is 0 Å². The molecule has 44 heavy (non-hydrogen) atoms. The Morgan fingerprint density at radius 2 is 1.75 bits per heavy atom. The summed E-state index contributed by atoms with van der Waals surface area (Å²) >= 11 is 0. The summed E-state index contributed by atoms with van der Waals surface area (Å²) in [6.45, 7) is 9.19. The summed E-state index contributed by atoms with van der Waals surface area (Å²) in [5, 5.41) is 3.01. The molecule has 0 unspecified atom stereocenters. The van der Waals surface area contributed by atoms with Crippen molar-refractivity contribution in [3.05, 3.63) is 59.7 Å². The molecule has 3 rings (SSSR count). The lowest BCUT2D eigenvalue weighted by molar-refractivity contribution is -0.145. The Balaban J connectivity index is 1.74. The van der Waals surface area contributed by atoms with Gasteiger partial charge in [-0.2, -0.15) is 0 Å². The molecule has 4 atom stereocenters. The Hall–Kier alpha value is -3.59. The van der Waals surface area contributed by atoms with E-state index >= 15 is 0 Å². The fraction of sp³-hybridized carbons (Fsp3) is 0.571. The van der Waals surface area contributed by atoms with E-state index in [0.717, 1.165) is 5.56 Å². The molecule has 0 aliphatic carbocycles. The third-order valence-corrected chi connectivity index (χ3v) is 8.16. The Morgan fingerprint density at radius 1 is 1.00 bits per heavy atom. The average Bonchev–Trinajstić information content (AvgIpc) is 3.40. The molecule has 1 fully saturated rings. The first-order valence-corrected chi connectivity index (χ1v) is 15.6. The maximum Gasteiger partial charge on any atom is 0.407 e. The Bertz CT molecular complexity index is 1200. The van der Waals surface area contributed by atoms with Gasteiger partial charge in [0.2, 0.25) is 0 Å². The third kappa shape index (κ3) is 10.5. The molecule has 9 heteroatoms. The molecule has 1 aliphatic heterocycles. The van der Waals surface area contributed by atoms with Gasteiger partial charge in [-0.05, 0) is 61.3 Å². The fourth-order valence-electron chi connectivity index (χ4n) is 5.50. The second-order valence-corrected chi connectivity index (χ2v) is 12.1. The van der Waals surface area contributed by atoms with Crippen molar-refractivity contribution in [1.29, 1.82) is 0 Å². The van der Waals surface area contributed by atoms with Crippen LogP contribution in [0.2, 0.25) is 0 Å². The Labute approximate surface area is 261 Å². The van der Waals surface area contributed by atoms with Crippen LogP contribution in [0.15, 0.2) is 48.5 Å². The number of carbonyl (C=O) groups excluding carboxylic acids is 3. The quantitative estimate of drug-likeness (QED) is 0.114. The number of carbonyl (C=O) groups is 3. The van der Waals surface area contributed by atoms with Gasteiger partial charge in [-0.25, -0.2) is 4.79 Å². The van der Waals surface area contributed by atoms with Gasteiger partial charge in [-0.1, -0.05) is 58.0 Å². The molecule has 1 amide bonds. The van der Waals surface area contributed by atoms with E-state index in [4.69, 9.17) is 23.7 Å². The topological polar surface area (TPSA) is 109 Å². The number of alkyl carbamates (subject to hydrolysis) is 1. The summed E-state index contributed by atoms with van der Waals surface area (Å²) in [5.74, 6) is 0.538. The number of benzene rings is 2. The number of ether oxygens (including phenoxy) is 5. The van der Waals surface area contributed by atoms with Gasteiger partial charge in [0.25, 0.3) is 0 Å². The zero-order valence-corrected chi connectivity index (χ0v) is 27.0. The van der Waals surface area contributed by atoms with Gasteiger partial charge < -0.3 is 29.0 Å². The van der Waals surface area contributed by atoms with Crippen LogP contribution < -0.4 is 14.8 Å². The van der Waals surface area contributed by atoms with Crippen molar-refractivity contribution in [2.75, 3.05) is 27.4 Å². The first-order valence-electron chi connectivity index (χ1n) is 15.6. The van der Waals surface area contributed by atoms with Crippen LogP contribution in [0.3, 0.4) is 0 Å². The van der Waals surface area contributed by atoms with Gasteiger partial charge in [-0.15, -0.1) is 0 Å². The maximum atomic E-state index is 13.9. The first kappa shape index (κ1) is 34.9. The molecule has 2 aromatic rings. The van der Waals surface area contributed by atoms with Gasteiger partial charge >= 0.3 is 12.1 Å². The summed E-state index contributed by atoms with van der Waals surface area (Å²) < 4.78 is 27.7. The van der Waals surface area contributed by atoms with Crippen LogP contribution in [0.5, 0.6) is 11.5 Å². The molecule has 0 aromatic heterocycles. The molecule has 242 valence electrons. The van der Waals surface area contributed by atoms with Gasteiger partial charge in [0, 0.05) is 37.7 Å². The van der Waals surface area contributed by atoms with Crippen molar-refractivity contribution in [2.45, 2.75) is 78.6 Å². The minimum Gasteiger partial charge on any atom is -0.493 e. The molecule has 0 bridgehead atoms. The normalized spacial score (nSPS) is 17.7. The molecule has 1 aliphatic rings. The smallest absolute Gasteiger partial charge is 0.407 e. The van der Waals surface area contributed by atoms with E-state index in [1.54, 1.807) is 32.4 Å². The summed E-state index contributed by atoms with van der Waals surface area (Å²) in [5.41, 5.74) is 1.40. The van der Waals surface area contributed by atoms with Crippen LogP contribution in [0, 0.1) is 23.7 Å². The number of amides is 1. The van der Waals surface area contributed by atoms with Gasteiger partial charge in [0.15, 0.2) is 17.3 Å². The zero-order chi connectivity index (χ0) is 32.1. The molecule has 0 radical (unpaired) electrons. The monoisotopic (exact) mass is 611 g/mol. The highest BCUT2D eigenvalue weighted by atomic mass is 16.6. The van der Waals surface area contributed by atoms with E-state index in [1.807, 2.05) is 58.0 Å². The zero-order valence-electron chi connectivity index (χ0n) is 27.0. The molecular weight excluding hydrogens is 562 g/mol. The van der Waals surface area contributed by atoms with E-state index < -0.39 is 12.0 Å². The lowest BCUT2D eigenvalue weighted by Crippen LogP contribution is -2.39. The molecular formula is C35H49NO8. The van der Waals surface area contributed by atoms with Gasteiger partial charge in [0.05, 0.1) is 19.6 Å². The number of Topliss-reactive ketones (excluding diaryl/α,β-unsaturated/α-hetero) is 1. The molecule has 1 saturated heterocycles. The lowest BCUT2D eigenvalue weighted by Gasteiger charge is -2.27. The van der Waals surface area contributed by atoms with Crippen molar-refractivity contribution < 1.29 is 38.1 Å². The highest BCUT2D eigenvalue weighted by molar-refractivity contribution is 5.98. The van der Waals surface area contributed by atoms with Crippen molar-refractivity contribution in [1.82, 2.24) is 5.32 Å². The highest BCUT2D eigenvalue weighted by Gasteiger charge is 2.37. The average molecular weight is 612 g/mol. The van der Waals surface area contributed by atoms with Crippen LogP contribution in [0.1, 0.15) is 75.7 Å². The number of cyclic esters (lactones) is 1. The van der Waals surface area contributed by atoms with Gasteiger partial charge in [0.1, 0.15) is 12.7 Å². The lowest BCUT2D eigenvalue weighted by atomic mass is 9.81. The van der Waals surface area contributed by atoms with Gasteiger partial charge in [-0.3, -0.25) is 9.59 Å². The Kier molecular flexibility index (Phi) is 14.0. The molecule has 0 spiro atoms. The van der Waals surface area contributed by atoms with E-state index in [-0.39, 0.29) is 48.3 Å². The highest BCUT2D eigenvalue weighted by Crippen LogP contribution is 2.33. The second-order valence-electron chi connectivity index (χ2n) is 12.1. The van der Waals surface area contributed by atoms with E-state index in [1.165, 1.54) is 0 Å². The summed E-state index contributed by atoms with van der Waals surface area (Å²) in [4.78, 5) is 39.2. The fourth-order valence-corrected chi connectivity index (χ4v) is 5.50. The maximum absolute atomic E-state index is 13.9. The van der Waals surface area contributed by atoms with Crippen LogP contribution in [-0.2, 0) is 25.6 Å². The minimum atomic E-state index is -0.548. The standard InChI is InChI=1S/C35H49NO8/c1-23(2)29(33(37)26-13-16-31(41-6)32(19-26)42-18-10-17-40-5)20-27(14-15-28-21-30(24(3)4)34(38)44-28)36-35(39)43-22-25-11-8-7-9-12-25/h7-9,11-13,16,19,23-24,27-30H,10,14-15,17-18,20-22H2,1-6H3,(H,36,39)/t27-,28-,29+,30+/m1/s1.